The number of aromatic nitrogens is 3. The van der Waals surface area contributed by atoms with Gasteiger partial charge in [0.2, 0.25) is 0 Å². The lowest BCUT2D eigenvalue weighted by atomic mass is 10.3. The monoisotopic (exact) mass is 165 g/mol. The van der Waals surface area contributed by atoms with E-state index in [1.807, 2.05) is 12.4 Å². The first-order valence-electron chi connectivity index (χ1n) is 3.27. The zero-order valence-electron chi connectivity index (χ0n) is 6.03. The van der Waals surface area contributed by atoms with Crippen LogP contribution in [0.4, 0.5) is 0 Å². The molecule has 0 atom stereocenters. The Morgan fingerprint density at radius 1 is 1.55 bits per heavy atom. The molecule has 4 heteroatoms. The Bertz CT molecular complexity index is 336. The van der Waals surface area contributed by atoms with Crippen molar-refractivity contribution in [1.29, 1.82) is 0 Å². The third kappa shape index (κ3) is 1.05. The van der Waals surface area contributed by atoms with Gasteiger partial charge in [0.1, 0.15) is 0 Å². The van der Waals surface area contributed by atoms with E-state index in [0.29, 0.717) is 0 Å². The van der Waals surface area contributed by atoms with Crippen LogP contribution < -0.4 is 0 Å². The molecule has 2 heterocycles. The summed E-state index contributed by atoms with van der Waals surface area (Å²) in [6.07, 6.45) is 3.48. The first kappa shape index (κ1) is 6.54. The Kier molecular flexibility index (Phi) is 1.47. The highest BCUT2D eigenvalue weighted by atomic mass is 32.1. The molecule has 0 aliphatic heterocycles. The average molecular weight is 165 g/mol. The van der Waals surface area contributed by atoms with Gasteiger partial charge in [0.25, 0.3) is 0 Å². The second-order valence-corrected chi connectivity index (χ2v) is 3.09. The van der Waals surface area contributed by atoms with Crippen LogP contribution in [0.25, 0.3) is 10.6 Å². The number of aryl methyl sites for hydroxylation is 1. The molecule has 0 saturated heterocycles. The summed E-state index contributed by atoms with van der Waals surface area (Å²) in [4.78, 5) is 12.3. The summed E-state index contributed by atoms with van der Waals surface area (Å²) in [5, 5.41) is 0. The van der Waals surface area contributed by atoms with Gasteiger partial charge in [-0.05, 0) is 6.92 Å². The normalized spacial score (nSPS) is 10.3. The Morgan fingerprint density at radius 2 is 2.45 bits per heavy atom. The summed E-state index contributed by atoms with van der Waals surface area (Å²) in [5.41, 5.74) is 3.94. The number of H-pyrrole nitrogens is 1. The van der Waals surface area contributed by atoms with Crippen molar-refractivity contribution in [3.8, 4) is 10.6 Å². The van der Waals surface area contributed by atoms with E-state index in [1.54, 1.807) is 23.9 Å². The minimum Gasteiger partial charge on any atom is -0.344 e. The SMILES string of the molecule is Cc1ncsc1-c1cnc[nH]1. The maximum Gasteiger partial charge on any atom is 0.0924 e. The molecule has 2 aromatic rings. The van der Waals surface area contributed by atoms with E-state index in [4.69, 9.17) is 0 Å². The molecule has 2 rings (SSSR count). The van der Waals surface area contributed by atoms with E-state index in [-0.39, 0.29) is 0 Å². The highest BCUT2D eigenvalue weighted by Gasteiger charge is 2.03. The Morgan fingerprint density at radius 3 is 3.00 bits per heavy atom. The summed E-state index contributed by atoms with van der Waals surface area (Å²) in [7, 11) is 0. The number of hydrogen-bond donors (Lipinski definition) is 1. The quantitative estimate of drug-likeness (QED) is 0.700. The molecule has 11 heavy (non-hydrogen) atoms. The maximum absolute atomic E-state index is 4.14. The Labute approximate surface area is 68.1 Å². The van der Waals surface area contributed by atoms with Crippen molar-refractivity contribution in [2.24, 2.45) is 0 Å². The van der Waals surface area contributed by atoms with Crippen molar-refractivity contribution in [3.63, 3.8) is 0 Å². The smallest absolute Gasteiger partial charge is 0.0924 e. The van der Waals surface area contributed by atoms with E-state index >= 15 is 0 Å². The molecular weight excluding hydrogens is 158 g/mol. The highest BCUT2D eigenvalue weighted by molar-refractivity contribution is 7.13. The van der Waals surface area contributed by atoms with E-state index in [0.717, 1.165) is 11.4 Å². The molecule has 0 amide bonds. The van der Waals surface area contributed by atoms with Crippen LogP contribution in [-0.4, -0.2) is 15.0 Å². The van der Waals surface area contributed by atoms with Gasteiger partial charge in [-0.1, -0.05) is 0 Å². The number of hydrogen-bond acceptors (Lipinski definition) is 3. The standard InChI is InChI=1S/C7H7N3S/c1-5-7(11-4-10-5)6-2-8-3-9-6/h2-4H,1H3,(H,8,9). The molecule has 0 saturated carbocycles. The van der Waals surface area contributed by atoms with E-state index in [2.05, 4.69) is 15.0 Å². The third-order valence-electron chi connectivity index (χ3n) is 1.49. The second kappa shape index (κ2) is 2.47. The Balaban J connectivity index is 2.53. The first-order valence-corrected chi connectivity index (χ1v) is 4.15. The predicted molar refractivity (Wildman–Crippen MR) is 44.4 cm³/mol. The van der Waals surface area contributed by atoms with Gasteiger partial charge in [0.05, 0.1) is 34.3 Å². The molecule has 0 bridgehead atoms. The lowest BCUT2D eigenvalue weighted by molar-refractivity contribution is 1.26. The van der Waals surface area contributed by atoms with Crippen LogP contribution in [0.15, 0.2) is 18.0 Å². The molecule has 0 radical (unpaired) electrons. The Hall–Kier alpha value is -1.16. The van der Waals surface area contributed by atoms with Crippen LogP contribution in [0.2, 0.25) is 0 Å². The van der Waals surface area contributed by atoms with Crippen LogP contribution in [0, 0.1) is 6.92 Å². The molecule has 2 aromatic heterocycles. The highest BCUT2D eigenvalue weighted by Crippen LogP contribution is 2.23. The van der Waals surface area contributed by atoms with Crippen LogP contribution in [0.3, 0.4) is 0 Å². The number of aromatic amines is 1. The summed E-state index contributed by atoms with van der Waals surface area (Å²) >= 11 is 1.62. The van der Waals surface area contributed by atoms with Gasteiger partial charge in [0, 0.05) is 0 Å². The number of rotatable bonds is 1. The van der Waals surface area contributed by atoms with Gasteiger partial charge in [0.15, 0.2) is 0 Å². The summed E-state index contributed by atoms with van der Waals surface area (Å²) < 4.78 is 0. The summed E-state index contributed by atoms with van der Waals surface area (Å²) in [6, 6.07) is 0. The fourth-order valence-corrected chi connectivity index (χ4v) is 1.72. The zero-order chi connectivity index (χ0) is 7.68. The van der Waals surface area contributed by atoms with Gasteiger partial charge in [-0.3, -0.25) is 0 Å². The minimum atomic E-state index is 1.05. The van der Waals surface area contributed by atoms with Crippen molar-refractivity contribution in [2.45, 2.75) is 6.92 Å². The number of imidazole rings is 1. The number of thiazole rings is 1. The van der Waals surface area contributed by atoms with E-state index in [9.17, 15) is 0 Å². The van der Waals surface area contributed by atoms with Gasteiger partial charge in [-0.25, -0.2) is 9.97 Å². The van der Waals surface area contributed by atoms with Crippen molar-refractivity contribution < 1.29 is 0 Å². The van der Waals surface area contributed by atoms with Gasteiger partial charge in [-0.15, -0.1) is 11.3 Å². The third-order valence-corrected chi connectivity index (χ3v) is 2.45. The topological polar surface area (TPSA) is 41.6 Å². The number of nitrogens with one attached hydrogen (secondary N) is 1. The maximum atomic E-state index is 4.14. The summed E-state index contributed by atoms with van der Waals surface area (Å²) in [6.45, 7) is 1.99. The minimum absolute atomic E-state index is 1.05. The lowest BCUT2D eigenvalue weighted by Crippen LogP contribution is -1.75. The van der Waals surface area contributed by atoms with E-state index in [1.165, 1.54) is 4.88 Å². The molecule has 0 unspecified atom stereocenters. The fourth-order valence-electron chi connectivity index (χ4n) is 0.940. The molecule has 0 aliphatic carbocycles. The van der Waals surface area contributed by atoms with Crippen molar-refractivity contribution in [3.05, 3.63) is 23.7 Å². The molecular formula is C7H7N3S. The lowest BCUT2D eigenvalue weighted by Gasteiger charge is -1.89. The predicted octanol–water partition coefficient (Wildman–Crippen LogP) is 1.84. The largest absolute Gasteiger partial charge is 0.344 e. The van der Waals surface area contributed by atoms with Gasteiger partial charge < -0.3 is 4.98 Å². The van der Waals surface area contributed by atoms with Gasteiger partial charge in [-0.2, -0.15) is 0 Å². The van der Waals surface area contributed by atoms with Crippen LogP contribution >= 0.6 is 11.3 Å². The molecule has 1 N–H and O–H groups in total. The van der Waals surface area contributed by atoms with Crippen LogP contribution in [0.5, 0.6) is 0 Å². The molecule has 0 spiro atoms. The van der Waals surface area contributed by atoms with Gasteiger partial charge >= 0.3 is 0 Å². The molecule has 56 valence electrons. The first-order chi connectivity index (χ1) is 5.38. The summed E-state index contributed by atoms with van der Waals surface area (Å²) in [5.74, 6) is 0. The van der Waals surface area contributed by atoms with Crippen molar-refractivity contribution in [2.75, 3.05) is 0 Å². The number of nitrogens with zero attached hydrogens (tertiary/aromatic N) is 2. The average Bonchev–Trinajstić information content (AvgIpc) is 2.55. The van der Waals surface area contributed by atoms with E-state index < -0.39 is 0 Å². The second-order valence-electron chi connectivity index (χ2n) is 2.23. The van der Waals surface area contributed by atoms with Crippen LogP contribution in [-0.2, 0) is 0 Å². The van der Waals surface area contributed by atoms with Crippen molar-refractivity contribution in [1.82, 2.24) is 15.0 Å². The molecule has 0 aromatic carbocycles. The molecule has 0 aliphatic rings. The van der Waals surface area contributed by atoms with Crippen LogP contribution in [0.1, 0.15) is 5.69 Å². The van der Waals surface area contributed by atoms with Crippen molar-refractivity contribution >= 4 is 11.3 Å². The molecule has 3 nitrogen and oxygen atoms in total. The molecule has 0 fully saturated rings. The fraction of sp³-hybridized carbons (Fsp3) is 0.143. The zero-order valence-corrected chi connectivity index (χ0v) is 6.85.